The fraction of sp³-hybridized carbons (Fsp3) is 1.00. The van der Waals surface area contributed by atoms with E-state index in [1.54, 1.807) is 6.92 Å². The minimum atomic E-state index is -0.688. The molecule has 3 nitrogen and oxygen atoms in total. The van der Waals surface area contributed by atoms with Crippen LogP contribution in [0.5, 0.6) is 0 Å². The van der Waals surface area contributed by atoms with Gasteiger partial charge in [0.1, 0.15) is 0 Å². The summed E-state index contributed by atoms with van der Waals surface area (Å²) in [6, 6.07) is -0.0281. The first kappa shape index (κ1) is 10.9. The fourth-order valence-electron chi connectivity index (χ4n) is 0.748. The van der Waals surface area contributed by atoms with Crippen LogP contribution in [0.25, 0.3) is 0 Å². The van der Waals surface area contributed by atoms with Crippen molar-refractivity contribution in [3.05, 3.63) is 0 Å². The molecule has 0 aromatic heterocycles. The van der Waals surface area contributed by atoms with Gasteiger partial charge in [0.2, 0.25) is 0 Å². The summed E-state index contributed by atoms with van der Waals surface area (Å²) >= 11 is 0. The lowest BCUT2D eigenvalue weighted by Gasteiger charge is -2.20. The van der Waals surface area contributed by atoms with E-state index < -0.39 is 12.2 Å². The van der Waals surface area contributed by atoms with Crippen molar-refractivity contribution < 1.29 is 10.2 Å². The Labute approximate surface area is 68.2 Å². The topological polar surface area (TPSA) is 66.5 Å². The lowest BCUT2D eigenvalue weighted by Crippen LogP contribution is -2.35. The van der Waals surface area contributed by atoms with Crippen LogP contribution < -0.4 is 5.73 Å². The third-order valence-corrected chi connectivity index (χ3v) is 1.93. The molecule has 0 aromatic rings. The van der Waals surface area contributed by atoms with Gasteiger partial charge in [-0.15, -0.1) is 0 Å². The molecule has 0 fully saturated rings. The van der Waals surface area contributed by atoms with E-state index in [0.717, 1.165) is 0 Å². The number of hydrogen-bond acceptors (Lipinski definition) is 3. The SMILES string of the molecule is CC(C)C(N)CC(O)C(C)O. The average Bonchev–Trinajstić information content (AvgIpc) is 1.87. The first-order valence-corrected chi connectivity index (χ1v) is 4.06. The zero-order valence-corrected chi connectivity index (χ0v) is 7.49. The van der Waals surface area contributed by atoms with Crippen molar-refractivity contribution in [3.8, 4) is 0 Å². The maximum atomic E-state index is 9.22. The summed E-state index contributed by atoms with van der Waals surface area (Å²) in [5.41, 5.74) is 5.68. The van der Waals surface area contributed by atoms with E-state index in [2.05, 4.69) is 0 Å². The van der Waals surface area contributed by atoms with Gasteiger partial charge in [-0.05, 0) is 19.3 Å². The Balaban J connectivity index is 3.66. The van der Waals surface area contributed by atoms with Crippen molar-refractivity contribution in [2.24, 2.45) is 11.7 Å². The average molecular weight is 161 g/mol. The van der Waals surface area contributed by atoms with E-state index in [9.17, 15) is 5.11 Å². The molecule has 0 amide bonds. The van der Waals surface area contributed by atoms with E-state index in [0.29, 0.717) is 12.3 Å². The maximum Gasteiger partial charge on any atom is 0.0811 e. The van der Waals surface area contributed by atoms with Gasteiger partial charge in [-0.25, -0.2) is 0 Å². The molecular formula is C8H19NO2. The highest BCUT2D eigenvalue weighted by atomic mass is 16.3. The van der Waals surface area contributed by atoms with Gasteiger partial charge in [0.15, 0.2) is 0 Å². The highest BCUT2D eigenvalue weighted by molar-refractivity contribution is 4.72. The van der Waals surface area contributed by atoms with Crippen molar-refractivity contribution >= 4 is 0 Å². The first-order chi connectivity index (χ1) is 4.95. The molecule has 0 aliphatic heterocycles. The van der Waals surface area contributed by atoms with Gasteiger partial charge in [0, 0.05) is 6.04 Å². The van der Waals surface area contributed by atoms with E-state index >= 15 is 0 Å². The predicted molar refractivity (Wildman–Crippen MR) is 45.1 cm³/mol. The molecule has 0 aromatic carbocycles. The van der Waals surface area contributed by atoms with Crippen LogP contribution in [0.3, 0.4) is 0 Å². The molecule has 68 valence electrons. The van der Waals surface area contributed by atoms with Gasteiger partial charge >= 0.3 is 0 Å². The summed E-state index contributed by atoms with van der Waals surface area (Å²) in [7, 11) is 0. The standard InChI is InChI=1S/C8H19NO2/c1-5(2)7(9)4-8(11)6(3)10/h5-8,10-11H,4,9H2,1-3H3. The highest BCUT2D eigenvalue weighted by Gasteiger charge is 2.17. The summed E-state index contributed by atoms with van der Waals surface area (Å²) in [5.74, 6) is 0.350. The predicted octanol–water partition coefficient (Wildman–Crippen LogP) is 0.102. The number of rotatable bonds is 4. The van der Waals surface area contributed by atoms with Crippen LogP contribution in [0.1, 0.15) is 27.2 Å². The number of hydrogen-bond donors (Lipinski definition) is 3. The number of aliphatic hydroxyl groups is 2. The summed E-state index contributed by atoms with van der Waals surface area (Å²) in [6.07, 6.45) is -0.901. The van der Waals surface area contributed by atoms with Crippen LogP contribution in [0, 0.1) is 5.92 Å². The number of aliphatic hydroxyl groups excluding tert-OH is 2. The molecule has 0 heterocycles. The van der Waals surface area contributed by atoms with Crippen LogP contribution in [-0.4, -0.2) is 28.5 Å². The first-order valence-electron chi connectivity index (χ1n) is 4.06. The van der Waals surface area contributed by atoms with Gasteiger partial charge < -0.3 is 15.9 Å². The molecule has 3 heteroatoms. The van der Waals surface area contributed by atoms with Gasteiger partial charge in [-0.3, -0.25) is 0 Å². The van der Waals surface area contributed by atoms with Gasteiger partial charge in [0.25, 0.3) is 0 Å². The molecule has 3 atom stereocenters. The molecule has 11 heavy (non-hydrogen) atoms. The zero-order chi connectivity index (χ0) is 9.02. The lowest BCUT2D eigenvalue weighted by atomic mass is 9.97. The van der Waals surface area contributed by atoms with E-state index in [1.807, 2.05) is 13.8 Å². The molecule has 0 aliphatic rings. The van der Waals surface area contributed by atoms with Gasteiger partial charge in [-0.1, -0.05) is 13.8 Å². The lowest BCUT2D eigenvalue weighted by molar-refractivity contribution is 0.0195. The molecule has 0 saturated heterocycles. The van der Waals surface area contributed by atoms with Crippen LogP contribution in [0.4, 0.5) is 0 Å². The van der Waals surface area contributed by atoms with Gasteiger partial charge in [-0.2, -0.15) is 0 Å². The Kier molecular flexibility index (Phi) is 4.65. The third-order valence-electron chi connectivity index (χ3n) is 1.93. The summed E-state index contributed by atoms with van der Waals surface area (Å²) < 4.78 is 0. The monoisotopic (exact) mass is 161 g/mol. The van der Waals surface area contributed by atoms with E-state index in [-0.39, 0.29) is 6.04 Å². The summed E-state index contributed by atoms with van der Waals surface area (Å²) in [5, 5.41) is 18.2. The third kappa shape index (κ3) is 4.35. The smallest absolute Gasteiger partial charge is 0.0811 e. The molecule has 3 unspecified atom stereocenters. The van der Waals surface area contributed by atoms with E-state index in [1.165, 1.54) is 0 Å². The fourth-order valence-corrected chi connectivity index (χ4v) is 0.748. The minimum absolute atomic E-state index is 0.0281. The Morgan fingerprint density at radius 2 is 1.64 bits per heavy atom. The van der Waals surface area contributed by atoms with E-state index in [4.69, 9.17) is 10.8 Å². The van der Waals surface area contributed by atoms with Crippen molar-refractivity contribution in [3.63, 3.8) is 0 Å². The zero-order valence-electron chi connectivity index (χ0n) is 7.49. The van der Waals surface area contributed by atoms with Crippen molar-refractivity contribution in [1.82, 2.24) is 0 Å². The van der Waals surface area contributed by atoms with Crippen LogP contribution in [0.2, 0.25) is 0 Å². The van der Waals surface area contributed by atoms with Crippen molar-refractivity contribution in [1.29, 1.82) is 0 Å². The quantitative estimate of drug-likeness (QED) is 0.548. The van der Waals surface area contributed by atoms with Crippen LogP contribution in [-0.2, 0) is 0 Å². The maximum absolute atomic E-state index is 9.22. The van der Waals surface area contributed by atoms with Crippen LogP contribution >= 0.6 is 0 Å². The van der Waals surface area contributed by atoms with Crippen molar-refractivity contribution in [2.45, 2.75) is 45.4 Å². The molecular weight excluding hydrogens is 142 g/mol. The summed E-state index contributed by atoms with van der Waals surface area (Å²) in [4.78, 5) is 0. The molecule has 0 radical (unpaired) electrons. The van der Waals surface area contributed by atoms with Gasteiger partial charge in [0.05, 0.1) is 12.2 Å². The Hall–Kier alpha value is -0.120. The Bertz CT molecular complexity index is 92.3. The van der Waals surface area contributed by atoms with Crippen molar-refractivity contribution in [2.75, 3.05) is 0 Å². The normalized spacial score (nSPS) is 19.9. The van der Waals surface area contributed by atoms with Crippen LogP contribution in [0.15, 0.2) is 0 Å². The highest BCUT2D eigenvalue weighted by Crippen LogP contribution is 2.08. The Morgan fingerprint density at radius 3 is 1.91 bits per heavy atom. The second-order valence-electron chi connectivity index (χ2n) is 3.45. The second-order valence-corrected chi connectivity index (χ2v) is 3.45. The Morgan fingerprint density at radius 1 is 1.18 bits per heavy atom. The molecule has 0 bridgehead atoms. The summed E-state index contributed by atoms with van der Waals surface area (Å²) in [6.45, 7) is 5.57. The molecule has 0 spiro atoms. The second kappa shape index (κ2) is 4.70. The molecule has 0 aliphatic carbocycles. The molecule has 0 rings (SSSR count). The largest absolute Gasteiger partial charge is 0.391 e. The molecule has 0 saturated carbocycles. The number of nitrogens with two attached hydrogens (primary N) is 1. The minimum Gasteiger partial charge on any atom is -0.391 e. The molecule has 4 N–H and O–H groups in total.